The lowest BCUT2D eigenvalue weighted by molar-refractivity contribution is 0.0336. The molecule has 0 spiro atoms. The molecule has 1 rings (SSSR count). The first-order valence-electron chi connectivity index (χ1n) is 5.91. The van der Waals surface area contributed by atoms with Crippen LogP contribution in [0.5, 0.6) is 0 Å². The molecule has 0 saturated heterocycles. The highest BCUT2D eigenvalue weighted by molar-refractivity contribution is 5.41. The first kappa shape index (κ1) is 14.9. The first-order chi connectivity index (χ1) is 8.72. The van der Waals surface area contributed by atoms with Crippen molar-refractivity contribution >= 4 is 5.69 Å². The Labute approximate surface area is 107 Å². The van der Waals surface area contributed by atoms with E-state index in [9.17, 15) is 4.39 Å². The average Bonchev–Trinajstić information content (AvgIpc) is 2.31. The van der Waals surface area contributed by atoms with Gasteiger partial charge in [-0.3, -0.25) is 0 Å². The van der Waals surface area contributed by atoms with Gasteiger partial charge in [0.05, 0.1) is 19.8 Å². The van der Waals surface area contributed by atoms with E-state index in [1.165, 1.54) is 12.1 Å². The first-order valence-corrected chi connectivity index (χ1v) is 5.91. The SMILES string of the molecule is COCCCOCCOCc1cc(N)cc(F)c1. The van der Waals surface area contributed by atoms with Gasteiger partial charge in [-0.2, -0.15) is 0 Å². The highest BCUT2D eigenvalue weighted by Gasteiger charge is 1.99. The lowest BCUT2D eigenvalue weighted by atomic mass is 10.2. The average molecular weight is 257 g/mol. The smallest absolute Gasteiger partial charge is 0.125 e. The summed E-state index contributed by atoms with van der Waals surface area (Å²) in [5, 5.41) is 0. The minimum absolute atomic E-state index is 0.337. The van der Waals surface area contributed by atoms with E-state index in [1.54, 1.807) is 13.2 Å². The number of hydrogen-bond acceptors (Lipinski definition) is 4. The quantitative estimate of drug-likeness (QED) is 0.543. The van der Waals surface area contributed by atoms with Crippen LogP contribution < -0.4 is 5.73 Å². The largest absolute Gasteiger partial charge is 0.399 e. The number of nitrogens with two attached hydrogens (primary N) is 1. The van der Waals surface area contributed by atoms with Crippen molar-refractivity contribution in [3.8, 4) is 0 Å². The van der Waals surface area contributed by atoms with E-state index in [0.717, 1.165) is 12.0 Å². The Morgan fingerprint density at radius 2 is 1.83 bits per heavy atom. The Morgan fingerprint density at radius 3 is 2.56 bits per heavy atom. The Hall–Kier alpha value is -1.17. The van der Waals surface area contributed by atoms with Gasteiger partial charge in [-0.15, -0.1) is 0 Å². The molecule has 0 heterocycles. The summed E-state index contributed by atoms with van der Waals surface area (Å²) in [7, 11) is 1.66. The molecule has 0 fully saturated rings. The Kier molecular flexibility index (Phi) is 7.32. The highest BCUT2D eigenvalue weighted by atomic mass is 19.1. The number of hydrogen-bond donors (Lipinski definition) is 1. The third-order valence-electron chi connectivity index (χ3n) is 2.26. The van der Waals surface area contributed by atoms with Crippen molar-refractivity contribution in [2.24, 2.45) is 0 Å². The molecule has 2 N–H and O–H groups in total. The Bertz CT molecular complexity index is 327. The number of nitrogen functional groups attached to an aromatic ring is 1. The number of rotatable bonds is 9. The Balaban J connectivity index is 2.07. The number of halogens is 1. The van der Waals surface area contributed by atoms with Crippen LogP contribution in [-0.4, -0.2) is 33.5 Å². The zero-order chi connectivity index (χ0) is 13.2. The lowest BCUT2D eigenvalue weighted by Crippen LogP contribution is -2.07. The maximum Gasteiger partial charge on any atom is 0.125 e. The van der Waals surface area contributed by atoms with Gasteiger partial charge in [-0.25, -0.2) is 4.39 Å². The molecule has 18 heavy (non-hydrogen) atoms. The molecular formula is C13H20FNO3. The maximum atomic E-state index is 13.0. The van der Waals surface area contributed by atoms with Crippen LogP contribution in [0.15, 0.2) is 18.2 Å². The predicted octanol–water partition coefficient (Wildman–Crippen LogP) is 1.98. The molecule has 5 heteroatoms. The molecule has 0 radical (unpaired) electrons. The highest BCUT2D eigenvalue weighted by Crippen LogP contribution is 2.11. The standard InChI is InChI=1S/C13H20FNO3/c1-16-3-2-4-17-5-6-18-10-11-7-12(14)9-13(15)8-11/h7-9H,2-6,10,15H2,1H3. The molecule has 0 aromatic heterocycles. The molecular weight excluding hydrogens is 237 g/mol. The van der Waals surface area contributed by atoms with Crippen LogP contribution in [0.4, 0.5) is 10.1 Å². The van der Waals surface area contributed by atoms with Gasteiger partial charge in [-0.05, 0) is 30.2 Å². The van der Waals surface area contributed by atoms with Gasteiger partial charge >= 0.3 is 0 Å². The second kappa shape index (κ2) is 8.85. The summed E-state index contributed by atoms with van der Waals surface area (Å²) in [5.41, 5.74) is 6.66. The van der Waals surface area contributed by atoms with E-state index in [1.807, 2.05) is 0 Å². The topological polar surface area (TPSA) is 53.7 Å². The lowest BCUT2D eigenvalue weighted by Gasteiger charge is -2.06. The van der Waals surface area contributed by atoms with Crippen molar-refractivity contribution in [1.82, 2.24) is 0 Å². The number of benzene rings is 1. The van der Waals surface area contributed by atoms with Crippen LogP contribution in [0.1, 0.15) is 12.0 Å². The molecule has 0 bridgehead atoms. The second-order valence-corrected chi connectivity index (χ2v) is 3.90. The molecule has 0 aliphatic rings. The fraction of sp³-hybridized carbons (Fsp3) is 0.538. The van der Waals surface area contributed by atoms with Crippen molar-refractivity contribution in [3.63, 3.8) is 0 Å². The van der Waals surface area contributed by atoms with Crippen LogP contribution in [0, 0.1) is 5.82 Å². The Morgan fingerprint density at radius 1 is 1.06 bits per heavy atom. The van der Waals surface area contributed by atoms with Gasteiger partial charge in [-0.1, -0.05) is 0 Å². The summed E-state index contributed by atoms with van der Waals surface area (Å²) in [6, 6.07) is 4.39. The number of ether oxygens (including phenoxy) is 3. The minimum Gasteiger partial charge on any atom is -0.399 e. The zero-order valence-corrected chi connectivity index (χ0v) is 10.7. The van der Waals surface area contributed by atoms with Crippen LogP contribution >= 0.6 is 0 Å². The van der Waals surface area contributed by atoms with Crippen molar-refractivity contribution in [1.29, 1.82) is 0 Å². The van der Waals surface area contributed by atoms with Gasteiger partial charge in [0.25, 0.3) is 0 Å². The monoisotopic (exact) mass is 257 g/mol. The summed E-state index contributed by atoms with van der Waals surface area (Å²) in [5.74, 6) is -0.343. The van der Waals surface area contributed by atoms with Gasteiger partial charge < -0.3 is 19.9 Å². The van der Waals surface area contributed by atoms with Gasteiger partial charge in [0.1, 0.15) is 5.82 Å². The summed E-state index contributed by atoms with van der Waals surface area (Å²) >= 11 is 0. The molecule has 1 aromatic rings. The second-order valence-electron chi connectivity index (χ2n) is 3.90. The molecule has 0 atom stereocenters. The molecule has 0 aliphatic heterocycles. The third-order valence-corrected chi connectivity index (χ3v) is 2.26. The zero-order valence-electron chi connectivity index (χ0n) is 10.7. The van der Waals surface area contributed by atoms with Crippen molar-refractivity contribution < 1.29 is 18.6 Å². The predicted molar refractivity (Wildman–Crippen MR) is 67.8 cm³/mol. The van der Waals surface area contributed by atoms with Gasteiger partial charge in [0.15, 0.2) is 0 Å². The van der Waals surface area contributed by atoms with Crippen LogP contribution in [0.2, 0.25) is 0 Å². The van der Waals surface area contributed by atoms with Crippen molar-refractivity contribution in [2.45, 2.75) is 13.0 Å². The third kappa shape index (κ3) is 6.54. The van der Waals surface area contributed by atoms with Crippen LogP contribution in [-0.2, 0) is 20.8 Å². The van der Waals surface area contributed by atoms with Crippen molar-refractivity contribution in [2.75, 3.05) is 39.3 Å². The maximum absolute atomic E-state index is 13.0. The summed E-state index contributed by atoms with van der Waals surface area (Å²) in [6.07, 6.45) is 0.872. The molecule has 0 saturated carbocycles. The van der Waals surface area contributed by atoms with E-state index in [2.05, 4.69) is 0 Å². The van der Waals surface area contributed by atoms with Crippen LogP contribution in [0.25, 0.3) is 0 Å². The summed E-state index contributed by atoms with van der Waals surface area (Å²) < 4.78 is 28.6. The van der Waals surface area contributed by atoms with Crippen molar-refractivity contribution in [3.05, 3.63) is 29.6 Å². The molecule has 0 amide bonds. The van der Waals surface area contributed by atoms with E-state index >= 15 is 0 Å². The molecule has 102 valence electrons. The van der Waals surface area contributed by atoms with Gasteiger partial charge in [0, 0.05) is 26.0 Å². The minimum atomic E-state index is -0.343. The van der Waals surface area contributed by atoms with E-state index in [0.29, 0.717) is 38.7 Å². The molecule has 1 aromatic carbocycles. The number of methoxy groups -OCH3 is 1. The fourth-order valence-electron chi connectivity index (χ4n) is 1.47. The summed E-state index contributed by atoms with van der Waals surface area (Å²) in [6.45, 7) is 2.69. The van der Waals surface area contributed by atoms with E-state index < -0.39 is 0 Å². The summed E-state index contributed by atoms with van der Waals surface area (Å²) in [4.78, 5) is 0. The molecule has 0 unspecified atom stereocenters. The van der Waals surface area contributed by atoms with Crippen LogP contribution in [0.3, 0.4) is 0 Å². The molecule has 0 aliphatic carbocycles. The normalized spacial score (nSPS) is 10.8. The van der Waals surface area contributed by atoms with Gasteiger partial charge in [0.2, 0.25) is 0 Å². The van der Waals surface area contributed by atoms with E-state index in [4.69, 9.17) is 19.9 Å². The molecule has 4 nitrogen and oxygen atoms in total. The number of anilines is 1. The fourth-order valence-corrected chi connectivity index (χ4v) is 1.47. The van der Waals surface area contributed by atoms with E-state index in [-0.39, 0.29) is 5.82 Å².